The molecule has 1 rings (SSSR count). The molecule has 1 amide bonds. The number of nitrogens with zero attached hydrogens (tertiary/aromatic N) is 1. The number of aliphatic carboxylic acids is 1. The monoisotopic (exact) mass is 270 g/mol. The van der Waals surface area contributed by atoms with Crippen molar-refractivity contribution >= 4 is 11.9 Å². The lowest BCUT2D eigenvalue weighted by atomic mass is 9.91. The molecule has 2 atom stereocenters. The maximum absolute atomic E-state index is 12.3. The van der Waals surface area contributed by atoms with Crippen LogP contribution < -0.4 is 5.32 Å². The lowest BCUT2D eigenvalue weighted by molar-refractivity contribution is -0.144. The van der Waals surface area contributed by atoms with Crippen molar-refractivity contribution in [2.24, 2.45) is 0 Å². The second-order valence-electron chi connectivity index (χ2n) is 5.84. The quantitative estimate of drug-likeness (QED) is 0.796. The first-order chi connectivity index (χ1) is 8.80. The molecule has 0 bridgehead atoms. The number of nitrogens with one attached hydrogen (secondary N) is 1. The number of piperidine rings is 1. The number of likely N-dealkylation sites (tertiary alicyclic amines) is 1. The van der Waals surface area contributed by atoms with E-state index in [1.807, 2.05) is 13.8 Å². The predicted molar refractivity (Wildman–Crippen MR) is 74.0 cm³/mol. The SMILES string of the molecule is CCC1CCCCN1C(C)(C)C(=O)NC(C)C(=O)O. The molecule has 5 nitrogen and oxygen atoms in total. The van der Waals surface area contributed by atoms with Crippen LogP contribution in [0, 0.1) is 0 Å². The Labute approximate surface area is 115 Å². The average molecular weight is 270 g/mol. The number of hydrogen-bond donors (Lipinski definition) is 2. The van der Waals surface area contributed by atoms with Crippen LogP contribution in [0.3, 0.4) is 0 Å². The van der Waals surface area contributed by atoms with E-state index in [1.165, 1.54) is 13.3 Å². The average Bonchev–Trinajstić information content (AvgIpc) is 2.38. The van der Waals surface area contributed by atoms with Gasteiger partial charge in [-0.15, -0.1) is 0 Å². The third kappa shape index (κ3) is 3.69. The Morgan fingerprint density at radius 3 is 2.58 bits per heavy atom. The van der Waals surface area contributed by atoms with E-state index in [4.69, 9.17) is 5.11 Å². The van der Waals surface area contributed by atoms with Gasteiger partial charge in [-0.1, -0.05) is 13.3 Å². The fraction of sp³-hybridized carbons (Fsp3) is 0.857. The van der Waals surface area contributed by atoms with Gasteiger partial charge in [-0.25, -0.2) is 0 Å². The van der Waals surface area contributed by atoms with Gasteiger partial charge in [-0.2, -0.15) is 0 Å². The number of carbonyl (C=O) groups is 2. The summed E-state index contributed by atoms with van der Waals surface area (Å²) >= 11 is 0. The first kappa shape index (κ1) is 16.0. The minimum atomic E-state index is -1.00. The fourth-order valence-corrected chi connectivity index (χ4v) is 2.73. The largest absolute Gasteiger partial charge is 0.480 e. The second-order valence-corrected chi connectivity index (χ2v) is 5.84. The highest BCUT2D eigenvalue weighted by atomic mass is 16.4. The highest BCUT2D eigenvalue weighted by Crippen LogP contribution is 2.27. The van der Waals surface area contributed by atoms with Crippen molar-refractivity contribution in [3.05, 3.63) is 0 Å². The van der Waals surface area contributed by atoms with E-state index in [9.17, 15) is 9.59 Å². The van der Waals surface area contributed by atoms with Crippen LogP contribution in [0.25, 0.3) is 0 Å². The van der Waals surface area contributed by atoms with Gasteiger partial charge in [0.25, 0.3) is 0 Å². The number of carbonyl (C=O) groups excluding carboxylic acids is 1. The van der Waals surface area contributed by atoms with Crippen molar-refractivity contribution in [3.8, 4) is 0 Å². The molecule has 1 saturated heterocycles. The number of amides is 1. The molecule has 0 aromatic rings. The van der Waals surface area contributed by atoms with Crippen LogP contribution in [0.2, 0.25) is 0 Å². The van der Waals surface area contributed by atoms with Crippen LogP contribution >= 0.6 is 0 Å². The molecule has 0 aromatic heterocycles. The third-order valence-electron chi connectivity index (χ3n) is 4.09. The number of rotatable bonds is 5. The number of carboxylic acid groups (broad SMARTS) is 1. The smallest absolute Gasteiger partial charge is 0.325 e. The van der Waals surface area contributed by atoms with E-state index < -0.39 is 17.6 Å². The van der Waals surface area contributed by atoms with Crippen LogP contribution in [0.5, 0.6) is 0 Å². The molecule has 0 aromatic carbocycles. The Morgan fingerprint density at radius 2 is 2.05 bits per heavy atom. The fourth-order valence-electron chi connectivity index (χ4n) is 2.73. The Bertz CT molecular complexity index is 342. The van der Waals surface area contributed by atoms with Crippen molar-refractivity contribution in [3.63, 3.8) is 0 Å². The molecule has 0 aliphatic carbocycles. The molecule has 5 heteroatoms. The van der Waals surface area contributed by atoms with E-state index in [2.05, 4.69) is 17.1 Å². The number of carboxylic acids is 1. The summed E-state index contributed by atoms with van der Waals surface area (Å²) in [5.74, 6) is -1.21. The summed E-state index contributed by atoms with van der Waals surface area (Å²) in [6.07, 6.45) is 4.44. The summed E-state index contributed by atoms with van der Waals surface area (Å²) in [4.78, 5) is 25.4. The zero-order valence-electron chi connectivity index (χ0n) is 12.4. The van der Waals surface area contributed by atoms with Crippen molar-refractivity contribution in [2.45, 2.75) is 71.0 Å². The normalized spacial score (nSPS) is 22.8. The summed E-state index contributed by atoms with van der Waals surface area (Å²) in [5.41, 5.74) is -0.662. The van der Waals surface area contributed by atoms with Gasteiger partial charge in [0.1, 0.15) is 6.04 Å². The summed E-state index contributed by atoms with van der Waals surface area (Å²) in [7, 11) is 0. The van der Waals surface area contributed by atoms with Crippen molar-refractivity contribution < 1.29 is 14.7 Å². The van der Waals surface area contributed by atoms with Gasteiger partial charge >= 0.3 is 5.97 Å². The van der Waals surface area contributed by atoms with Gasteiger partial charge in [0, 0.05) is 6.04 Å². The zero-order chi connectivity index (χ0) is 14.6. The lowest BCUT2D eigenvalue weighted by Crippen LogP contribution is -2.61. The van der Waals surface area contributed by atoms with Gasteiger partial charge in [-0.05, 0) is 46.6 Å². The molecule has 0 saturated carbocycles. The molecular weight excluding hydrogens is 244 g/mol. The Morgan fingerprint density at radius 1 is 1.42 bits per heavy atom. The van der Waals surface area contributed by atoms with E-state index in [-0.39, 0.29) is 5.91 Å². The lowest BCUT2D eigenvalue weighted by Gasteiger charge is -2.45. The topological polar surface area (TPSA) is 69.6 Å². The summed E-state index contributed by atoms with van der Waals surface area (Å²) in [6, 6.07) is -0.439. The van der Waals surface area contributed by atoms with Gasteiger partial charge in [0.15, 0.2) is 0 Å². The molecule has 2 N–H and O–H groups in total. The highest BCUT2D eigenvalue weighted by Gasteiger charge is 2.39. The zero-order valence-corrected chi connectivity index (χ0v) is 12.4. The minimum Gasteiger partial charge on any atom is -0.480 e. The van der Waals surface area contributed by atoms with E-state index >= 15 is 0 Å². The molecule has 0 radical (unpaired) electrons. The molecule has 1 aliphatic heterocycles. The molecule has 1 fully saturated rings. The maximum Gasteiger partial charge on any atom is 0.325 e. The van der Waals surface area contributed by atoms with E-state index in [0.29, 0.717) is 6.04 Å². The van der Waals surface area contributed by atoms with Crippen molar-refractivity contribution in [1.29, 1.82) is 0 Å². The molecule has 2 unspecified atom stereocenters. The summed E-state index contributed by atoms with van der Waals surface area (Å²) < 4.78 is 0. The standard InChI is InChI=1S/C14H26N2O3/c1-5-11-8-6-7-9-16(11)14(3,4)13(19)15-10(2)12(17)18/h10-11H,5-9H2,1-4H3,(H,15,19)(H,17,18). The minimum absolute atomic E-state index is 0.206. The van der Waals surface area contributed by atoms with Crippen LogP contribution in [-0.2, 0) is 9.59 Å². The first-order valence-corrected chi connectivity index (χ1v) is 7.11. The predicted octanol–water partition coefficient (Wildman–Crippen LogP) is 1.62. The van der Waals surface area contributed by atoms with Gasteiger partial charge < -0.3 is 10.4 Å². The third-order valence-corrected chi connectivity index (χ3v) is 4.09. The Kier molecular flexibility index (Phi) is 5.35. The number of hydrogen-bond acceptors (Lipinski definition) is 3. The van der Waals surface area contributed by atoms with E-state index in [1.54, 1.807) is 0 Å². The van der Waals surface area contributed by atoms with Crippen LogP contribution in [-0.4, -0.2) is 46.1 Å². The molecule has 1 heterocycles. The van der Waals surface area contributed by atoms with Gasteiger partial charge in [-0.3, -0.25) is 14.5 Å². The molecule has 110 valence electrons. The Hall–Kier alpha value is -1.10. The van der Waals surface area contributed by atoms with E-state index in [0.717, 1.165) is 25.8 Å². The van der Waals surface area contributed by atoms with Crippen LogP contribution in [0.4, 0.5) is 0 Å². The summed E-state index contributed by atoms with van der Waals surface area (Å²) in [6.45, 7) is 8.29. The molecule has 19 heavy (non-hydrogen) atoms. The maximum atomic E-state index is 12.3. The second kappa shape index (κ2) is 6.37. The van der Waals surface area contributed by atoms with Crippen molar-refractivity contribution in [2.75, 3.05) is 6.54 Å². The Balaban J connectivity index is 2.77. The molecule has 1 aliphatic rings. The highest BCUT2D eigenvalue weighted by molar-refractivity contribution is 5.89. The van der Waals surface area contributed by atoms with Crippen LogP contribution in [0.15, 0.2) is 0 Å². The van der Waals surface area contributed by atoms with Gasteiger partial charge in [0.2, 0.25) is 5.91 Å². The molecular formula is C14H26N2O3. The van der Waals surface area contributed by atoms with Crippen molar-refractivity contribution in [1.82, 2.24) is 10.2 Å². The van der Waals surface area contributed by atoms with Gasteiger partial charge in [0.05, 0.1) is 5.54 Å². The van der Waals surface area contributed by atoms with Crippen LogP contribution in [0.1, 0.15) is 53.4 Å². The summed E-state index contributed by atoms with van der Waals surface area (Å²) in [5, 5.41) is 11.5. The first-order valence-electron chi connectivity index (χ1n) is 7.11. The molecule has 0 spiro atoms.